The molecular formula is C13H16N2O2. The highest BCUT2D eigenvalue weighted by Gasteiger charge is 2.36. The molecule has 0 atom stereocenters. The zero-order valence-corrected chi connectivity index (χ0v) is 9.86. The van der Waals surface area contributed by atoms with Gasteiger partial charge in [-0.3, -0.25) is 0 Å². The summed E-state index contributed by atoms with van der Waals surface area (Å²) in [6, 6.07) is 7.43. The lowest BCUT2D eigenvalue weighted by molar-refractivity contribution is 0.144. The van der Waals surface area contributed by atoms with E-state index in [-0.39, 0.29) is 12.1 Å². The van der Waals surface area contributed by atoms with Crippen LogP contribution in [0.2, 0.25) is 0 Å². The van der Waals surface area contributed by atoms with Gasteiger partial charge >= 0.3 is 0 Å². The van der Waals surface area contributed by atoms with Gasteiger partial charge in [0.2, 0.25) is 0 Å². The SMILES string of the molecule is COc1ccc(C#N)c(NC2(CO)CCC2)c1. The van der Waals surface area contributed by atoms with Crippen LogP contribution in [0.25, 0.3) is 0 Å². The minimum Gasteiger partial charge on any atom is -0.497 e. The van der Waals surface area contributed by atoms with E-state index in [4.69, 9.17) is 10.00 Å². The molecule has 0 saturated heterocycles. The Morgan fingerprint density at radius 1 is 1.53 bits per heavy atom. The third-order valence-electron chi connectivity index (χ3n) is 3.36. The van der Waals surface area contributed by atoms with Crippen LogP contribution in [0, 0.1) is 11.3 Å². The van der Waals surface area contributed by atoms with Gasteiger partial charge in [-0.15, -0.1) is 0 Å². The summed E-state index contributed by atoms with van der Waals surface area (Å²) in [5, 5.41) is 21.7. The van der Waals surface area contributed by atoms with Crippen molar-refractivity contribution in [3.8, 4) is 11.8 Å². The molecule has 1 aliphatic carbocycles. The molecular weight excluding hydrogens is 216 g/mol. The highest BCUT2D eigenvalue weighted by Crippen LogP contribution is 2.36. The molecule has 0 spiro atoms. The van der Waals surface area contributed by atoms with Crippen molar-refractivity contribution in [3.63, 3.8) is 0 Å². The van der Waals surface area contributed by atoms with Gasteiger partial charge < -0.3 is 15.2 Å². The first-order valence-corrected chi connectivity index (χ1v) is 5.70. The summed E-state index contributed by atoms with van der Waals surface area (Å²) in [5.41, 5.74) is 1.06. The quantitative estimate of drug-likeness (QED) is 0.832. The van der Waals surface area contributed by atoms with Gasteiger partial charge in [0.1, 0.15) is 11.8 Å². The van der Waals surface area contributed by atoms with Crippen molar-refractivity contribution in [3.05, 3.63) is 23.8 Å². The molecule has 2 rings (SSSR count). The Balaban J connectivity index is 2.27. The highest BCUT2D eigenvalue weighted by molar-refractivity contribution is 5.62. The molecule has 0 unspecified atom stereocenters. The monoisotopic (exact) mass is 232 g/mol. The standard InChI is InChI=1S/C13H16N2O2/c1-17-11-4-3-10(8-14)12(7-11)15-13(9-16)5-2-6-13/h3-4,7,15-16H,2,5-6,9H2,1H3. The van der Waals surface area contributed by atoms with Crippen molar-refractivity contribution in [1.29, 1.82) is 5.26 Å². The van der Waals surface area contributed by atoms with Gasteiger partial charge in [0, 0.05) is 6.07 Å². The van der Waals surface area contributed by atoms with Crippen molar-refractivity contribution in [2.75, 3.05) is 19.0 Å². The third kappa shape index (κ3) is 2.20. The van der Waals surface area contributed by atoms with Gasteiger partial charge in [0.15, 0.2) is 0 Å². The average Bonchev–Trinajstić information content (AvgIpc) is 2.33. The number of methoxy groups -OCH3 is 1. The molecule has 17 heavy (non-hydrogen) atoms. The van der Waals surface area contributed by atoms with Crippen LogP contribution in [0.15, 0.2) is 18.2 Å². The number of rotatable bonds is 4. The maximum Gasteiger partial charge on any atom is 0.121 e. The lowest BCUT2D eigenvalue weighted by atomic mass is 9.77. The smallest absolute Gasteiger partial charge is 0.121 e. The van der Waals surface area contributed by atoms with Crippen LogP contribution in [0.3, 0.4) is 0 Å². The van der Waals surface area contributed by atoms with E-state index in [1.807, 2.05) is 0 Å². The molecule has 1 aromatic carbocycles. The summed E-state index contributed by atoms with van der Waals surface area (Å²) in [5.74, 6) is 0.707. The van der Waals surface area contributed by atoms with Crippen LogP contribution in [-0.2, 0) is 0 Å². The maximum absolute atomic E-state index is 9.41. The normalized spacial score (nSPS) is 16.8. The van der Waals surface area contributed by atoms with Crippen molar-refractivity contribution < 1.29 is 9.84 Å². The van der Waals surface area contributed by atoms with Crippen LogP contribution in [0.4, 0.5) is 5.69 Å². The lowest BCUT2D eigenvalue weighted by Gasteiger charge is -2.42. The minimum absolute atomic E-state index is 0.0923. The molecule has 0 bridgehead atoms. The molecule has 0 aliphatic heterocycles. The Morgan fingerprint density at radius 3 is 2.76 bits per heavy atom. The summed E-state index contributed by atoms with van der Waals surface area (Å²) < 4.78 is 5.14. The second kappa shape index (κ2) is 4.64. The Kier molecular flexibility index (Phi) is 3.21. The number of nitrogens with one attached hydrogen (secondary N) is 1. The third-order valence-corrected chi connectivity index (χ3v) is 3.36. The number of aliphatic hydroxyl groups is 1. The first-order chi connectivity index (χ1) is 8.23. The summed E-state index contributed by atoms with van der Waals surface area (Å²) in [6.45, 7) is 0.0923. The van der Waals surface area contributed by atoms with E-state index in [1.165, 1.54) is 0 Å². The van der Waals surface area contributed by atoms with Crippen LogP contribution in [-0.4, -0.2) is 24.4 Å². The van der Waals surface area contributed by atoms with Gasteiger partial charge in [-0.2, -0.15) is 5.26 Å². The highest BCUT2D eigenvalue weighted by atomic mass is 16.5. The molecule has 1 aliphatic rings. The maximum atomic E-state index is 9.41. The predicted octanol–water partition coefficient (Wildman–Crippen LogP) is 1.89. The number of nitriles is 1. The van der Waals surface area contributed by atoms with Crippen molar-refractivity contribution in [1.82, 2.24) is 0 Å². The Morgan fingerprint density at radius 2 is 2.29 bits per heavy atom. The molecule has 0 heterocycles. The van der Waals surface area contributed by atoms with Crippen LogP contribution in [0.5, 0.6) is 5.75 Å². The van der Waals surface area contributed by atoms with E-state index < -0.39 is 0 Å². The molecule has 90 valence electrons. The van der Waals surface area contributed by atoms with Gasteiger partial charge in [-0.25, -0.2) is 0 Å². The zero-order valence-electron chi connectivity index (χ0n) is 9.86. The van der Waals surface area contributed by atoms with Crippen molar-refractivity contribution in [2.45, 2.75) is 24.8 Å². The fourth-order valence-corrected chi connectivity index (χ4v) is 2.06. The average molecular weight is 232 g/mol. The molecule has 2 N–H and O–H groups in total. The largest absolute Gasteiger partial charge is 0.497 e. The van der Waals surface area contributed by atoms with Gasteiger partial charge in [-0.1, -0.05) is 0 Å². The van der Waals surface area contributed by atoms with E-state index in [1.54, 1.807) is 25.3 Å². The van der Waals surface area contributed by atoms with E-state index in [0.29, 0.717) is 11.3 Å². The van der Waals surface area contributed by atoms with E-state index >= 15 is 0 Å². The molecule has 0 aromatic heterocycles. The van der Waals surface area contributed by atoms with Crippen LogP contribution in [0.1, 0.15) is 24.8 Å². The van der Waals surface area contributed by atoms with Gasteiger partial charge in [0.25, 0.3) is 0 Å². The number of hydrogen-bond donors (Lipinski definition) is 2. The van der Waals surface area contributed by atoms with Crippen LogP contribution >= 0.6 is 0 Å². The Hall–Kier alpha value is -1.73. The number of benzene rings is 1. The Labute approximate surface area is 101 Å². The van der Waals surface area contributed by atoms with Crippen molar-refractivity contribution >= 4 is 5.69 Å². The number of hydrogen-bond acceptors (Lipinski definition) is 4. The first kappa shape index (κ1) is 11.7. The molecule has 0 amide bonds. The van der Waals surface area contributed by atoms with Crippen molar-refractivity contribution in [2.24, 2.45) is 0 Å². The fraction of sp³-hybridized carbons (Fsp3) is 0.462. The summed E-state index contributed by atoms with van der Waals surface area (Å²) >= 11 is 0. The summed E-state index contributed by atoms with van der Waals surface area (Å²) in [6.07, 6.45) is 2.98. The molecule has 1 aromatic rings. The number of anilines is 1. The Bertz CT molecular complexity index is 442. The topological polar surface area (TPSA) is 65.3 Å². The summed E-state index contributed by atoms with van der Waals surface area (Å²) in [4.78, 5) is 0. The first-order valence-electron chi connectivity index (χ1n) is 5.70. The zero-order chi connectivity index (χ0) is 12.3. The van der Waals surface area contributed by atoms with Gasteiger partial charge in [-0.05, 0) is 31.4 Å². The van der Waals surface area contributed by atoms with Crippen LogP contribution < -0.4 is 10.1 Å². The molecule has 0 radical (unpaired) electrons. The molecule has 4 nitrogen and oxygen atoms in total. The lowest BCUT2D eigenvalue weighted by Crippen LogP contribution is -2.48. The van der Waals surface area contributed by atoms with E-state index in [9.17, 15) is 5.11 Å². The van der Waals surface area contributed by atoms with E-state index in [2.05, 4.69) is 11.4 Å². The van der Waals surface area contributed by atoms with Gasteiger partial charge in [0.05, 0.1) is 30.5 Å². The second-order valence-electron chi connectivity index (χ2n) is 4.44. The van der Waals surface area contributed by atoms with E-state index in [0.717, 1.165) is 24.9 Å². The summed E-state index contributed by atoms with van der Waals surface area (Å²) in [7, 11) is 1.59. The molecule has 1 saturated carbocycles. The fourth-order valence-electron chi connectivity index (χ4n) is 2.06. The number of aliphatic hydroxyl groups excluding tert-OH is 1. The number of nitrogens with zero attached hydrogens (tertiary/aromatic N) is 1. The predicted molar refractivity (Wildman–Crippen MR) is 65.0 cm³/mol. The molecule has 4 heteroatoms. The number of ether oxygens (including phenoxy) is 1. The minimum atomic E-state index is -0.252. The molecule has 1 fully saturated rings. The second-order valence-corrected chi connectivity index (χ2v) is 4.44.